The summed E-state index contributed by atoms with van der Waals surface area (Å²) >= 11 is 1.52. The fourth-order valence-electron chi connectivity index (χ4n) is 4.74. The predicted octanol–water partition coefficient (Wildman–Crippen LogP) is 5.92. The zero-order valence-corrected chi connectivity index (χ0v) is 20.0. The lowest BCUT2D eigenvalue weighted by Crippen LogP contribution is -2.35. The van der Waals surface area contributed by atoms with Gasteiger partial charge in [0.15, 0.2) is 5.16 Å². The molecule has 0 bridgehead atoms. The first kappa shape index (κ1) is 22.8. The van der Waals surface area contributed by atoms with Crippen molar-refractivity contribution in [1.82, 2.24) is 20.1 Å². The molecule has 1 saturated carbocycles. The van der Waals surface area contributed by atoms with E-state index < -0.39 is 0 Å². The monoisotopic (exact) mass is 450 g/mol. The molecule has 32 heavy (non-hydrogen) atoms. The van der Waals surface area contributed by atoms with Crippen molar-refractivity contribution in [2.75, 3.05) is 5.75 Å². The maximum Gasteiger partial charge on any atom is 0.230 e. The first-order valence-electron chi connectivity index (χ1n) is 12.0. The third-order valence-corrected chi connectivity index (χ3v) is 7.53. The van der Waals surface area contributed by atoms with E-state index in [9.17, 15) is 4.79 Å². The Morgan fingerprint density at radius 2 is 1.81 bits per heavy atom. The smallest absolute Gasteiger partial charge is 0.230 e. The molecule has 4 rings (SSSR count). The Morgan fingerprint density at radius 1 is 1.06 bits per heavy atom. The van der Waals surface area contributed by atoms with Gasteiger partial charge in [-0.15, -0.1) is 10.2 Å². The lowest BCUT2D eigenvalue weighted by Gasteiger charge is -2.25. The minimum Gasteiger partial charge on any atom is -0.353 e. The van der Waals surface area contributed by atoms with Gasteiger partial charge in [0.1, 0.15) is 5.82 Å². The summed E-state index contributed by atoms with van der Waals surface area (Å²) < 4.78 is 2.34. The highest BCUT2D eigenvalue weighted by Gasteiger charge is 2.24. The summed E-state index contributed by atoms with van der Waals surface area (Å²) in [6, 6.07) is 15.7. The van der Waals surface area contributed by atoms with Crippen molar-refractivity contribution in [2.24, 2.45) is 0 Å². The molecule has 0 aliphatic heterocycles. The number of amides is 1. The average Bonchev–Trinajstić information content (AvgIpc) is 3.24. The Labute approximate surface area is 195 Å². The van der Waals surface area contributed by atoms with Crippen molar-refractivity contribution < 1.29 is 4.79 Å². The van der Waals surface area contributed by atoms with Crippen molar-refractivity contribution in [2.45, 2.75) is 82.5 Å². The van der Waals surface area contributed by atoms with E-state index in [1.54, 1.807) is 0 Å². The summed E-state index contributed by atoms with van der Waals surface area (Å²) in [5.74, 6) is 1.48. The van der Waals surface area contributed by atoms with E-state index in [1.807, 2.05) is 0 Å². The largest absolute Gasteiger partial charge is 0.353 e. The number of nitrogens with zero attached hydrogens (tertiary/aromatic N) is 3. The van der Waals surface area contributed by atoms with Crippen molar-refractivity contribution in [3.8, 4) is 0 Å². The highest BCUT2D eigenvalue weighted by atomic mass is 32.2. The molecule has 1 N–H and O–H groups in total. The molecule has 0 spiro atoms. The molecule has 0 atom stereocenters. The van der Waals surface area contributed by atoms with Crippen LogP contribution in [0.2, 0.25) is 0 Å². The zero-order valence-electron chi connectivity index (χ0n) is 19.2. The van der Waals surface area contributed by atoms with Crippen LogP contribution in [0.25, 0.3) is 10.8 Å². The third-order valence-electron chi connectivity index (χ3n) is 6.59. The molecule has 5 nitrogen and oxygen atoms in total. The molecule has 0 radical (unpaired) electrons. The second-order valence-electron chi connectivity index (χ2n) is 8.75. The van der Waals surface area contributed by atoms with Crippen molar-refractivity contribution in [3.63, 3.8) is 0 Å². The Bertz CT molecular complexity index is 1030. The van der Waals surface area contributed by atoms with Crippen molar-refractivity contribution in [3.05, 3.63) is 53.9 Å². The molecule has 3 aromatic rings. The van der Waals surface area contributed by atoms with Gasteiger partial charge >= 0.3 is 0 Å². The normalized spacial score (nSPS) is 14.8. The van der Waals surface area contributed by atoms with Crippen LogP contribution in [0, 0.1) is 0 Å². The van der Waals surface area contributed by atoms with Crippen LogP contribution in [0.4, 0.5) is 0 Å². The van der Waals surface area contributed by atoms with Gasteiger partial charge in [-0.1, -0.05) is 87.3 Å². The summed E-state index contributed by atoms with van der Waals surface area (Å²) in [6.45, 7) is 4.22. The first-order valence-corrected chi connectivity index (χ1v) is 13.0. The second kappa shape index (κ2) is 11.0. The number of benzene rings is 2. The van der Waals surface area contributed by atoms with Crippen LogP contribution in [0.3, 0.4) is 0 Å². The number of carbonyl (C=O) groups excluding carboxylic acids is 1. The van der Waals surface area contributed by atoms with Crippen LogP contribution >= 0.6 is 11.8 Å². The van der Waals surface area contributed by atoms with Gasteiger partial charge in [0.05, 0.1) is 5.75 Å². The third kappa shape index (κ3) is 5.34. The minimum atomic E-state index is 0.0810. The molecule has 170 valence electrons. The lowest BCUT2D eigenvalue weighted by atomic mass is 9.95. The van der Waals surface area contributed by atoms with Crippen molar-refractivity contribution >= 4 is 28.4 Å². The van der Waals surface area contributed by atoms with E-state index in [0.29, 0.717) is 11.8 Å². The van der Waals surface area contributed by atoms with Crippen molar-refractivity contribution in [1.29, 1.82) is 0 Å². The number of hydrogen-bond acceptors (Lipinski definition) is 4. The van der Waals surface area contributed by atoms with Gasteiger partial charge < -0.3 is 9.88 Å². The van der Waals surface area contributed by atoms with Gasteiger partial charge in [-0.2, -0.15) is 0 Å². The standard InChI is InChI=1S/C26H34N4OS/c1-3-21(4-2)27-25(31)18-32-26-29-28-24(30(26)22-14-6-5-7-15-22)17-20-13-10-12-19-11-8-9-16-23(19)20/h8-13,16,21-22H,3-7,14-15,17-18H2,1-2H3,(H,27,31). The lowest BCUT2D eigenvalue weighted by molar-refractivity contribution is -0.119. The molecule has 1 aliphatic rings. The van der Waals surface area contributed by atoms with Gasteiger partial charge in [-0.25, -0.2) is 0 Å². The topological polar surface area (TPSA) is 59.8 Å². The Kier molecular flexibility index (Phi) is 7.85. The molecule has 1 aromatic heterocycles. The highest BCUT2D eigenvalue weighted by Crippen LogP contribution is 2.33. The van der Waals surface area contributed by atoms with E-state index in [0.717, 1.165) is 43.1 Å². The average molecular weight is 451 g/mol. The zero-order chi connectivity index (χ0) is 22.3. The molecular formula is C26H34N4OS. The van der Waals surface area contributed by atoms with E-state index >= 15 is 0 Å². The Hall–Kier alpha value is -2.34. The summed E-state index contributed by atoms with van der Waals surface area (Å²) in [5, 5.41) is 15.7. The van der Waals surface area contributed by atoms with Gasteiger partial charge in [-0.05, 0) is 42.0 Å². The Balaban J connectivity index is 1.57. The molecule has 0 saturated heterocycles. The van der Waals surface area contributed by atoms with Crippen LogP contribution in [-0.4, -0.2) is 32.5 Å². The van der Waals surface area contributed by atoms with Crippen LogP contribution in [0.1, 0.15) is 76.2 Å². The molecule has 1 aliphatic carbocycles. The number of carbonyl (C=O) groups is 1. The van der Waals surface area contributed by atoms with E-state index in [-0.39, 0.29) is 11.9 Å². The fraction of sp³-hybridized carbons (Fsp3) is 0.500. The summed E-state index contributed by atoms with van der Waals surface area (Å²) in [6.07, 6.45) is 8.79. The van der Waals surface area contributed by atoms with Gasteiger partial charge in [0.25, 0.3) is 0 Å². The SMILES string of the molecule is CCC(CC)NC(=O)CSc1nnc(Cc2cccc3ccccc23)n1C1CCCCC1. The van der Waals surface area contributed by atoms with Crippen LogP contribution in [-0.2, 0) is 11.2 Å². The molecule has 1 fully saturated rings. The quantitative estimate of drug-likeness (QED) is 0.411. The molecule has 0 unspecified atom stereocenters. The number of rotatable bonds is 9. The van der Waals surface area contributed by atoms with E-state index in [2.05, 4.69) is 76.4 Å². The Morgan fingerprint density at radius 3 is 2.59 bits per heavy atom. The number of aromatic nitrogens is 3. The number of thioether (sulfide) groups is 1. The first-order chi connectivity index (χ1) is 15.7. The summed E-state index contributed by atoms with van der Waals surface area (Å²) in [7, 11) is 0. The summed E-state index contributed by atoms with van der Waals surface area (Å²) in [4.78, 5) is 12.5. The van der Waals surface area contributed by atoms with Crippen LogP contribution in [0.15, 0.2) is 47.6 Å². The summed E-state index contributed by atoms with van der Waals surface area (Å²) in [5.41, 5.74) is 1.27. The predicted molar refractivity (Wildman–Crippen MR) is 132 cm³/mol. The highest BCUT2D eigenvalue weighted by molar-refractivity contribution is 7.99. The van der Waals surface area contributed by atoms with E-state index in [4.69, 9.17) is 0 Å². The van der Waals surface area contributed by atoms with Crippen LogP contribution in [0.5, 0.6) is 0 Å². The minimum absolute atomic E-state index is 0.0810. The second-order valence-corrected chi connectivity index (χ2v) is 9.69. The van der Waals surface area contributed by atoms with Crippen LogP contribution < -0.4 is 5.32 Å². The fourth-order valence-corrected chi connectivity index (χ4v) is 5.58. The molecule has 1 heterocycles. The van der Waals surface area contributed by atoms with E-state index in [1.165, 1.54) is 47.4 Å². The molecule has 6 heteroatoms. The molecular weight excluding hydrogens is 416 g/mol. The van der Waals surface area contributed by atoms with Gasteiger partial charge in [0, 0.05) is 18.5 Å². The molecule has 2 aromatic carbocycles. The maximum absolute atomic E-state index is 12.5. The number of fused-ring (bicyclic) bond motifs is 1. The van der Waals surface area contributed by atoms with Gasteiger partial charge in [-0.3, -0.25) is 4.79 Å². The maximum atomic E-state index is 12.5. The van der Waals surface area contributed by atoms with Gasteiger partial charge in [0.2, 0.25) is 5.91 Å². The number of nitrogens with one attached hydrogen (secondary N) is 1. The molecule has 1 amide bonds. The number of hydrogen-bond donors (Lipinski definition) is 1.